The Morgan fingerprint density at radius 2 is 1.60 bits per heavy atom. The van der Waals surface area contributed by atoms with Crippen LogP contribution in [0.15, 0.2) is 17.4 Å². The van der Waals surface area contributed by atoms with Gasteiger partial charge in [0.05, 0.1) is 25.9 Å². The second kappa shape index (κ2) is 9.10. The molecule has 8 heteroatoms. The van der Waals surface area contributed by atoms with Gasteiger partial charge >= 0.3 is 5.97 Å². The van der Waals surface area contributed by atoms with Crippen LogP contribution in [0.25, 0.3) is 0 Å². The Morgan fingerprint density at radius 1 is 1.00 bits per heavy atom. The highest BCUT2D eigenvalue weighted by atomic mass is 19.2. The molecule has 0 atom stereocenters. The molecule has 0 heterocycles. The van der Waals surface area contributed by atoms with E-state index in [9.17, 15) is 22.8 Å². The summed E-state index contributed by atoms with van der Waals surface area (Å²) in [6.07, 6.45) is 0.135. The first-order valence-electron chi connectivity index (χ1n) is 7.63. The van der Waals surface area contributed by atoms with Gasteiger partial charge in [-0.2, -0.15) is 4.39 Å². The number of rotatable bonds is 8. The number of hydrogen-bond donors (Lipinski definition) is 0. The van der Waals surface area contributed by atoms with E-state index in [1.807, 2.05) is 0 Å². The molecule has 5 nitrogen and oxygen atoms in total. The van der Waals surface area contributed by atoms with Crippen molar-refractivity contribution in [2.45, 2.75) is 27.2 Å². The smallest absolute Gasteiger partial charge is 0.345 e. The zero-order valence-electron chi connectivity index (χ0n) is 14.4. The number of esters is 1. The molecule has 0 spiro atoms. The zero-order chi connectivity index (χ0) is 19.1. The lowest BCUT2D eigenvalue weighted by atomic mass is 10.00. The summed E-state index contributed by atoms with van der Waals surface area (Å²) in [6, 6.07) is 0.369. The maximum Gasteiger partial charge on any atom is 0.345 e. The fourth-order valence-corrected chi connectivity index (χ4v) is 2.12. The summed E-state index contributed by atoms with van der Waals surface area (Å²) >= 11 is 0. The van der Waals surface area contributed by atoms with Crippen LogP contribution in [0, 0.1) is 17.5 Å². The summed E-state index contributed by atoms with van der Waals surface area (Å²) in [7, 11) is 0.926. The third-order valence-corrected chi connectivity index (χ3v) is 3.19. The molecule has 0 amide bonds. The molecule has 0 N–H and O–H groups in total. The van der Waals surface area contributed by atoms with Crippen molar-refractivity contribution >= 4 is 11.8 Å². The van der Waals surface area contributed by atoms with Gasteiger partial charge < -0.3 is 14.2 Å². The van der Waals surface area contributed by atoms with Gasteiger partial charge in [0.15, 0.2) is 17.4 Å². The molecule has 0 aliphatic rings. The Labute approximate surface area is 143 Å². The predicted octanol–water partition coefficient (Wildman–Crippen LogP) is 3.56. The van der Waals surface area contributed by atoms with Crippen LogP contribution in [0.4, 0.5) is 13.2 Å². The Kier molecular flexibility index (Phi) is 7.47. The molecule has 0 saturated heterocycles. The normalized spacial score (nSPS) is 11.6. The molecule has 0 bridgehead atoms. The molecule has 138 valence electrons. The lowest BCUT2D eigenvalue weighted by molar-refractivity contribution is -0.138. The van der Waals surface area contributed by atoms with E-state index in [2.05, 4.69) is 4.74 Å². The van der Waals surface area contributed by atoms with E-state index in [1.54, 1.807) is 13.8 Å². The van der Waals surface area contributed by atoms with E-state index >= 15 is 0 Å². The highest BCUT2D eigenvalue weighted by Crippen LogP contribution is 2.29. The summed E-state index contributed by atoms with van der Waals surface area (Å²) in [6.45, 7) is 4.86. The molecule has 1 aromatic carbocycles. The molecule has 25 heavy (non-hydrogen) atoms. The molecular weight excluding hydrogens is 341 g/mol. The van der Waals surface area contributed by atoms with Gasteiger partial charge in [0.1, 0.15) is 11.3 Å². The summed E-state index contributed by atoms with van der Waals surface area (Å²) in [5.74, 6) is -7.78. The molecule has 0 saturated carbocycles. The average molecular weight is 360 g/mol. The molecule has 0 aliphatic carbocycles. The molecule has 1 rings (SSSR count). The number of methoxy groups -OCH3 is 1. The van der Waals surface area contributed by atoms with E-state index < -0.39 is 46.1 Å². The maximum atomic E-state index is 14.4. The van der Waals surface area contributed by atoms with Gasteiger partial charge in [0, 0.05) is 6.42 Å². The molecule has 0 aliphatic heterocycles. The number of carbonyl (C=O) groups excluding carboxylic acids is 2. The Morgan fingerprint density at radius 3 is 2.08 bits per heavy atom. The van der Waals surface area contributed by atoms with E-state index in [0.29, 0.717) is 6.07 Å². The highest BCUT2D eigenvalue weighted by molar-refractivity contribution is 6.24. The predicted molar refractivity (Wildman–Crippen MR) is 82.8 cm³/mol. The molecular formula is C17H19F3O5. The summed E-state index contributed by atoms with van der Waals surface area (Å²) in [5, 5.41) is 0. The van der Waals surface area contributed by atoms with Crippen molar-refractivity contribution in [1.29, 1.82) is 0 Å². The number of Topliss-reactive ketones (excluding diaryl/α,β-unsaturated/α-hetero) is 1. The van der Waals surface area contributed by atoms with Crippen molar-refractivity contribution in [1.82, 2.24) is 0 Å². The minimum Gasteiger partial charge on any atom is -0.497 e. The number of halogens is 3. The van der Waals surface area contributed by atoms with Crippen LogP contribution in [-0.4, -0.2) is 32.1 Å². The average Bonchev–Trinajstić information content (AvgIpc) is 2.58. The fourth-order valence-electron chi connectivity index (χ4n) is 2.12. The van der Waals surface area contributed by atoms with Crippen LogP contribution in [0.2, 0.25) is 0 Å². The first kappa shape index (κ1) is 20.5. The van der Waals surface area contributed by atoms with Gasteiger partial charge in [0.25, 0.3) is 0 Å². The largest absolute Gasteiger partial charge is 0.497 e. The lowest BCUT2D eigenvalue weighted by Crippen LogP contribution is -2.21. The molecule has 0 aromatic heterocycles. The third-order valence-electron chi connectivity index (χ3n) is 3.19. The molecule has 0 unspecified atom stereocenters. The van der Waals surface area contributed by atoms with Gasteiger partial charge in [-0.1, -0.05) is 6.92 Å². The number of hydrogen-bond acceptors (Lipinski definition) is 5. The zero-order valence-corrected chi connectivity index (χ0v) is 14.4. The van der Waals surface area contributed by atoms with E-state index in [1.165, 1.54) is 6.92 Å². The SMILES string of the molecule is CCOC(=O)C(C(=O)c1cc(F)c(F)c(OC)c1F)=C(CC)OCC. The summed E-state index contributed by atoms with van der Waals surface area (Å²) < 4.78 is 56.1. The van der Waals surface area contributed by atoms with Crippen molar-refractivity contribution in [3.05, 3.63) is 40.4 Å². The maximum absolute atomic E-state index is 14.4. The van der Waals surface area contributed by atoms with Crippen LogP contribution in [-0.2, 0) is 14.3 Å². The molecule has 0 fully saturated rings. The first-order valence-corrected chi connectivity index (χ1v) is 7.63. The van der Waals surface area contributed by atoms with E-state index in [-0.39, 0.29) is 25.4 Å². The first-order chi connectivity index (χ1) is 11.8. The summed E-state index contributed by atoms with van der Waals surface area (Å²) in [4.78, 5) is 24.8. The third kappa shape index (κ3) is 4.32. The highest BCUT2D eigenvalue weighted by Gasteiger charge is 2.31. The monoisotopic (exact) mass is 360 g/mol. The number of allylic oxidation sites excluding steroid dienone is 1. The lowest BCUT2D eigenvalue weighted by Gasteiger charge is -2.14. The van der Waals surface area contributed by atoms with Gasteiger partial charge in [-0.05, 0) is 19.9 Å². The van der Waals surface area contributed by atoms with Gasteiger partial charge in [-0.3, -0.25) is 4.79 Å². The van der Waals surface area contributed by atoms with E-state index in [4.69, 9.17) is 9.47 Å². The van der Waals surface area contributed by atoms with Crippen LogP contribution in [0.1, 0.15) is 37.6 Å². The van der Waals surface area contributed by atoms with Crippen LogP contribution >= 0.6 is 0 Å². The van der Waals surface area contributed by atoms with Crippen molar-refractivity contribution in [3.8, 4) is 5.75 Å². The van der Waals surface area contributed by atoms with Gasteiger partial charge in [0.2, 0.25) is 11.6 Å². The van der Waals surface area contributed by atoms with Crippen molar-refractivity contribution < 1.29 is 37.0 Å². The number of carbonyl (C=O) groups is 2. The topological polar surface area (TPSA) is 61.8 Å². The van der Waals surface area contributed by atoms with Gasteiger partial charge in [-0.15, -0.1) is 0 Å². The Bertz CT molecular complexity index is 698. The van der Waals surface area contributed by atoms with Crippen LogP contribution < -0.4 is 4.74 Å². The van der Waals surface area contributed by atoms with Crippen molar-refractivity contribution in [3.63, 3.8) is 0 Å². The second-order valence-corrected chi connectivity index (χ2v) is 4.70. The second-order valence-electron chi connectivity index (χ2n) is 4.70. The molecule has 0 radical (unpaired) electrons. The van der Waals surface area contributed by atoms with Crippen molar-refractivity contribution in [2.24, 2.45) is 0 Å². The quantitative estimate of drug-likeness (QED) is 0.135. The Balaban J connectivity index is 3.60. The fraction of sp³-hybridized carbons (Fsp3) is 0.412. The van der Waals surface area contributed by atoms with Crippen LogP contribution in [0.3, 0.4) is 0 Å². The van der Waals surface area contributed by atoms with Crippen molar-refractivity contribution in [2.75, 3.05) is 20.3 Å². The summed E-state index contributed by atoms with van der Waals surface area (Å²) in [5.41, 5.74) is -1.43. The minimum absolute atomic E-state index is 0.0333. The van der Waals surface area contributed by atoms with E-state index in [0.717, 1.165) is 7.11 Å². The standard InChI is InChI=1S/C17H19F3O5/c1-5-11(24-6-2)12(17(22)25-7-3)15(21)9-8-10(18)14(20)16(23-4)13(9)19/h8H,5-7H2,1-4H3. The number of ether oxygens (including phenoxy) is 3. The van der Waals surface area contributed by atoms with Gasteiger partial charge in [-0.25, -0.2) is 13.6 Å². The molecule has 1 aromatic rings. The number of ketones is 1. The van der Waals surface area contributed by atoms with Crippen LogP contribution in [0.5, 0.6) is 5.75 Å². The minimum atomic E-state index is -1.57. The number of benzene rings is 1. The Hall–Kier alpha value is -2.51.